The predicted octanol–water partition coefficient (Wildman–Crippen LogP) is 2.66. The number of hydrogen-bond donors (Lipinski definition) is 1. The minimum Gasteiger partial charge on any atom is -0.508 e. The molecule has 0 aromatic heterocycles. The van der Waals surface area contributed by atoms with Gasteiger partial charge in [-0.2, -0.15) is 0 Å². The predicted molar refractivity (Wildman–Crippen MR) is 88.5 cm³/mol. The van der Waals surface area contributed by atoms with Gasteiger partial charge < -0.3 is 5.11 Å². The molecule has 1 fully saturated rings. The van der Waals surface area contributed by atoms with Gasteiger partial charge in [-0.15, -0.1) is 11.8 Å². The van der Waals surface area contributed by atoms with E-state index in [4.69, 9.17) is 0 Å². The third kappa shape index (κ3) is 2.82. The zero-order chi connectivity index (χ0) is 16.6. The molecule has 1 aliphatic heterocycles. The van der Waals surface area contributed by atoms with Crippen LogP contribution in [0.15, 0.2) is 53.4 Å². The summed E-state index contributed by atoms with van der Waals surface area (Å²) in [6, 6.07) is 12.8. The molecule has 3 rings (SSSR count). The van der Waals surface area contributed by atoms with Crippen LogP contribution in [0.3, 0.4) is 0 Å². The molecule has 23 heavy (non-hydrogen) atoms. The first-order chi connectivity index (χ1) is 10.9. The lowest BCUT2D eigenvalue weighted by molar-refractivity contribution is -0.123. The second-order valence-electron chi connectivity index (χ2n) is 5.23. The van der Waals surface area contributed by atoms with E-state index in [1.165, 1.54) is 30.0 Å². The number of benzene rings is 2. The largest absolute Gasteiger partial charge is 0.508 e. The number of sulfonamides is 1. The van der Waals surface area contributed by atoms with Crippen molar-refractivity contribution in [2.45, 2.75) is 17.2 Å². The van der Waals surface area contributed by atoms with E-state index in [1.54, 1.807) is 30.3 Å². The number of rotatable bonds is 3. The maximum Gasteiger partial charge on any atom is 0.267 e. The summed E-state index contributed by atoms with van der Waals surface area (Å²) in [5.74, 6) is -0.447. The van der Waals surface area contributed by atoms with Gasteiger partial charge in [-0.3, -0.25) is 4.79 Å². The van der Waals surface area contributed by atoms with Crippen LogP contribution in [0.2, 0.25) is 0 Å². The second kappa shape index (κ2) is 5.90. The summed E-state index contributed by atoms with van der Waals surface area (Å²) in [4.78, 5) is 12.3. The fourth-order valence-electron chi connectivity index (χ4n) is 2.41. The maximum atomic E-state index is 12.9. The highest BCUT2D eigenvalue weighted by atomic mass is 32.2. The highest BCUT2D eigenvalue weighted by Gasteiger charge is 2.42. The van der Waals surface area contributed by atoms with Gasteiger partial charge in [0.2, 0.25) is 5.91 Å². The standard InChI is InChI=1S/C16H15NO4S2/c1-11-6-8-12(9-7-11)23(20,21)17-15(19)10-22-16(17)13-4-2-3-5-14(13)18/h2-9,16,18H,10H2,1H3. The Morgan fingerprint density at radius 3 is 2.43 bits per heavy atom. The molecule has 1 atom stereocenters. The van der Waals surface area contributed by atoms with E-state index in [9.17, 15) is 18.3 Å². The van der Waals surface area contributed by atoms with Crippen LogP contribution in [0.25, 0.3) is 0 Å². The van der Waals surface area contributed by atoms with Crippen molar-refractivity contribution in [3.63, 3.8) is 0 Å². The van der Waals surface area contributed by atoms with Gasteiger partial charge in [0, 0.05) is 5.56 Å². The molecule has 120 valence electrons. The van der Waals surface area contributed by atoms with Gasteiger partial charge in [-0.25, -0.2) is 12.7 Å². The lowest BCUT2D eigenvalue weighted by Gasteiger charge is -2.24. The van der Waals surface area contributed by atoms with Crippen molar-refractivity contribution >= 4 is 27.7 Å². The molecule has 1 aliphatic rings. The lowest BCUT2D eigenvalue weighted by atomic mass is 10.2. The molecular formula is C16H15NO4S2. The van der Waals surface area contributed by atoms with Gasteiger partial charge in [-0.1, -0.05) is 35.9 Å². The Morgan fingerprint density at radius 2 is 1.78 bits per heavy atom. The Hall–Kier alpha value is -1.99. The SMILES string of the molecule is Cc1ccc(S(=O)(=O)N2C(=O)CSC2c2ccccc2O)cc1. The molecule has 1 saturated heterocycles. The number of phenolic OH excluding ortho intramolecular Hbond substituents is 1. The Kier molecular flexibility index (Phi) is 4.08. The molecule has 0 bridgehead atoms. The van der Waals surface area contributed by atoms with Crippen LogP contribution in [0.1, 0.15) is 16.5 Å². The van der Waals surface area contributed by atoms with E-state index < -0.39 is 21.3 Å². The number of carbonyl (C=O) groups is 1. The van der Waals surface area contributed by atoms with E-state index in [1.807, 2.05) is 6.92 Å². The van der Waals surface area contributed by atoms with Crippen molar-refractivity contribution < 1.29 is 18.3 Å². The number of para-hydroxylation sites is 1. The number of thioether (sulfide) groups is 1. The smallest absolute Gasteiger partial charge is 0.267 e. The third-order valence-corrected chi connectivity index (χ3v) is 6.73. The minimum absolute atomic E-state index is 0.0243. The molecule has 1 N–H and O–H groups in total. The Morgan fingerprint density at radius 1 is 1.13 bits per heavy atom. The van der Waals surface area contributed by atoms with E-state index >= 15 is 0 Å². The number of phenols is 1. The van der Waals surface area contributed by atoms with Gasteiger partial charge in [0.25, 0.3) is 10.0 Å². The van der Waals surface area contributed by atoms with Crippen LogP contribution in [0, 0.1) is 6.92 Å². The summed E-state index contributed by atoms with van der Waals surface area (Å²) in [6.45, 7) is 1.86. The second-order valence-corrected chi connectivity index (χ2v) is 8.11. The first-order valence-electron chi connectivity index (χ1n) is 6.94. The summed E-state index contributed by atoms with van der Waals surface area (Å²) in [5.41, 5.74) is 1.35. The van der Waals surface area contributed by atoms with Crippen LogP contribution >= 0.6 is 11.8 Å². The van der Waals surface area contributed by atoms with E-state index in [0.29, 0.717) is 5.56 Å². The van der Waals surface area contributed by atoms with Gasteiger partial charge in [0.15, 0.2) is 0 Å². The molecule has 5 nitrogen and oxygen atoms in total. The Bertz CT molecular complexity index is 847. The summed E-state index contributed by atoms with van der Waals surface area (Å²) >= 11 is 1.19. The number of carbonyl (C=O) groups excluding carboxylic acids is 1. The Balaban J connectivity index is 2.06. The van der Waals surface area contributed by atoms with Crippen molar-refractivity contribution in [2.24, 2.45) is 0 Å². The average Bonchev–Trinajstić information content (AvgIpc) is 2.90. The number of aromatic hydroxyl groups is 1. The number of aryl methyl sites for hydroxylation is 1. The van der Waals surface area contributed by atoms with E-state index in [2.05, 4.69) is 0 Å². The summed E-state index contributed by atoms with van der Waals surface area (Å²) < 4.78 is 26.6. The van der Waals surface area contributed by atoms with Crippen molar-refractivity contribution in [1.82, 2.24) is 4.31 Å². The van der Waals surface area contributed by atoms with Crippen LogP contribution in [0.5, 0.6) is 5.75 Å². The first kappa shape index (κ1) is 15.9. The zero-order valence-electron chi connectivity index (χ0n) is 12.3. The minimum atomic E-state index is -3.97. The van der Waals surface area contributed by atoms with Crippen LogP contribution in [-0.4, -0.2) is 29.5 Å². The molecule has 2 aromatic rings. The van der Waals surface area contributed by atoms with Crippen LogP contribution in [-0.2, 0) is 14.8 Å². The maximum absolute atomic E-state index is 12.9. The topological polar surface area (TPSA) is 74.7 Å². The van der Waals surface area contributed by atoms with Crippen molar-refractivity contribution in [3.8, 4) is 5.75 Å². The molecule has 0 radical (unpaired) electrons. The number of hydrogen-bond acceptors (Lipinski definition) is 5. The fourth-order valence-corrected chi connectivity index (χ4v) is 5.49. The highest BCUT2D eigenvalue weighted by Crippen LogP contribution is 2.44. The summed E-state index contributed by atoms with van der Waals surface area (Å²) in [6.07, 6.45) is 0. The summed E-state index contributed by atoms with van der Waals surface area (Å²) in [5, 5.41) is 9.25. The Labute approximate surface area is 139 Å². The quantitative estimate of drug-likeness (QED) is 0.922. The molecule has 0 aliphatic carbocycles. The van der Waals surface area contributed by atoms with Gasteiger partial charge in [0.1, 0.15) is 11.1 Å². The van der Waals surface area contributed by atoms with Crippen LogP contribution < -0.4 is 0 Å². The van der Waals surface area contributed by atoms with Crippen molar-refractivity contribution in [3.05, 3.63) is 59.7 Å². The lowest BCUT2D eigenvalue weighted by Crippen LogP contribution is -2.34. The number of amides is 1. The zero-order valence-corrected chi connectivity index (χ0v) is 14.0. The molecule has 1 heterocycles. The van der Waals surface area contributed by atoms with Crippen molar-refractivity contribution in [1.29, 1.82) is 0 Å². The van der Waals surface area contributed by atoms with Gasteiger partial charge in [-0.05, 0) is 25.1 Å². The van der Waals surface area contributed by atoms with E-state index in [-0.39, 0.29) is 16.4 Å². The van der Waals surface area contributed by atoms with Gasteiger partial charge >= 0.3 is 0 Å². The molecule has 7 heteroatoms. The monoisotopic (exact) mass is 349 g/mol. The molecule has 0 saturated carbocycles. The summed E-state index contributed by atoms with van der Waals surface area (Å²) in [7, 11) is -3.97. The molecule has 1 amide bonds. The molecule has 2 aromatic carbocycles. The third-order valence-electron chi connectivity index (χ3n) is 3.60. The molecule has 1 unspecified atom stereocenters. The molecular weight excluding hydrogens is 334 g/mol. The molecule has 0 spiro atoms. The number of nitrogens with zero attached hydrogens (tertiary/aromatic N) is 1. The van der Waals surface area contributed by atoms with Crippen molar-refractivity contribution in [2.75, 3.05) is 5.75 Å². The van der Waals surface area contributed by atoms with E-state index in [0.717, 1.165) is 9.87 Å². The first-order valence-corrected chi connectivity index (χ1v) is 9.43. The van der Waals surface area contributed by atoms with Crippen LogP contribution in [0.4, 0.5) is 0 Å². The fraction of sp³-hybridized carbons (Fsp3) is 0.188. The average molecular weight is 349 g/mol. The highest BCUT2D eigenvalue weighted by molar-refractivity contribution is 8.02. The van der Waals surface area contributed by atoms with Gasteiger partial charge in [0.05, 0.1) is 10.6 Å². The normalized spacial score (nSPS) is 18.4.